The van der Waals surface area contributed by atoms with Crippen LogP contribution in [0.1, 0.15) is 0 Å². The van der Waals surface area contributed by atoms with E-state index in [-0.39, 0.29) is 0 Å². The molecule has 0 N–H and O–H groups in total. The van der Waals surface area contributed by atoms with Gasteiger partial charge in [-0.3, -0.25) is 0 Å². The molecule has 3 heterocycles. The molecule has 0 unspecified atom stereocenters. The largest absolute Gasteiger partial charge is 0.309 e. The van der Waals surface area contributed by atoms with Gasteiger partial charge in [0.15, 0.2) is 8.07 Å². The van der Waals surface area contributed by atoms with Gasteiger partial charge in [0, 0.05) is 49.4 Å². The fourth-order valence-electron chi connectivity index (χ4n) is 10.9. The summed E-state index contributed by atoms with van der Waals surface area (Å²) in [5.74, 6) is 0. The standard InChI is InChI=1S/C60H41N3Si/c1-5-19-42(20-6-1)61-57-32-18-15-29-51(57)52-39-43(33-36-58(52)61)63-59-37-34-44(62-55-30-16-13-27-49(55)50-28-14-17-31-56(50)62)40-53(59)54-41-48(35-38-60(54)63)64(45-21-7-2-8-22-45,46-23-9-3-10-24-46)47-25-11-4-12-26-47/h1-41H. The van der Waals surface area contributed by atoms with Crippen molar-refractivity contribution in [2.75, 3.05) is 0 Å². The third kappa shape index (κ3) is 5.33. The molecule has 3 nitrogen and oxygen atoms in total. The van der Waals surface area contributed by atoms with Gasteiger partial charge in [-0.15, -0.1) is 0 Å². The minimum Gasteiger partial charge on any atom is -0.309 e. The SMILES string of the molecule is c1ccc(-n2c3ccccc3c3cc(-n4c5ccc(-n6c7ccccc7c7ccccc76)cc5c5cc([Si](c6ccccc6)(c6ccccc6)c6ccccc6)ccc54)ccc32)cc1. The zero-order valence-corrected chi connectivity index (χ0v) is 36.0. The zero-order valence-electron chi connectivity index (χ0n) is 35.0. The molecular weight excluding hydrogens is 791 g/mol. The third-order valence-electron chi connectivity index (χ3n) is 13.6. The summed E-state index contributed by atoms with van der Waals surface area (Å²) in [7, 11) is -2.83. The number of benzene rings is 10. The van der Waals surface area contributed by atoms with Crippen molar-refractivity contribution in [3.63, 3.8) is 0 Å². The van der Waals surface area contributed by atoms with Crippen molar-refractivity contribution in [2.24, 2.45) is 0 Å². The van der Waals surface area contributed by atoms with Gasteiger partial charge in [-0.05, 0) is 93.5 Å². The second-order valence-electron chi connectivity index (χ2n) is 16.9. The maximum atomic E-state index is 2.54. The molecule has 0 fully saturated rings. The van der Waals surface area contributed by atoms with E-state index in [1.165, 1.54) is 86.2 Å². The molecule has 3 aromatic heterocycles. The van der Waals surface area contributed by atoms with Crippen LogP contribution in [0.15, 0.2) is 249 Å². The highest BCUT2D eigenvalue weighted by Gasteiger charge is 2.41. The lowest BCUT2D eigenvalue weighted by atomic mass is 10.1. The van der Waals surface area contributed by atoms with Crippen LogP contribution in [-0.2, 0) is 0 Å². The molecule has 4 heteroatoms. The average Bonchev–Trinajstić information content (AvgIpc) is 4.00. The molecule has 0 amide bonds. The van der Waals surface area contributed by atoms with Crippen LogP contribution in [0.25, 0.3) is 82.5 Å². The summed E-state index contributed by atoms with van der Waals surface area (Å²) in [6.07, 6.45) is 0. The Labute approximate surface area is 372 Å². The van der Waals surface area contributed by atoms with Crippen molar-refractivity contribution in [2.45, 2.75) is 0 Å². The van der Waals surface area contributed by atoms with E-state index < -0.39 is 8.07 Å². The molecule has 0 saturated heterocycles. The topological polar surface area (TPSA) is 14.8 Å². The maximum Gasteiger partial charge on any atom is 0.179 e. The molecule has 13 rings (SSSR count). The van der Waals surface area contributed by atoms with E-state index in [0.29, 0.717) is 0 Å². The first-order valence-electron chi connectivity index (χ1n) is 22.1. The van der Waals surface area contributed by atoms with E-state index in [1.807, 2.05) is 0 Å². The van der Waals surface area contributed by atoms with Gasteiger partial charge >= 0.3 is 0 Å². The Morgan fingerprint density at radius 3 is 0.969 bits per heavy atom. The molecule has 0 atom stereocenters. The lowest BCUT2D eigenvalue weighted by molar-refractivity contribution is 1.16. The van der Waals surface area contributed by atoms with Gasteiger partial charge < -0.3 is 13.7 Å². The Kier molecular flexibility index (Phi) is 8.23. The molecule has 0 bridgehead atoms. The number of para-hydroxylation sites is 4. The fraction of sp³-hybridized carbons (Fsp3) is 0. The Bertz CT molecular complexity index is 3730. The number of fused-ring (bicyclic) bond motifs is 9. The normalized spacial score (nSPS) is 12.1. The first kappa shape index (κ1) is 36.5. The molecule has 0 radical (unpaired) electrons. The van der Waals surface area contributed by atoms with Crippen LogP contribution in [0.2, 0.25) is 0 Å². The first-order chi connectivity index (χ1) is 31.8. The second-order valence-corrected chi connectivity index (χ2v) is 20.7. The molecule has 0 aliphatic heterocycles. The molecule has 0 aliphatic carbocycles. The van der Waals surface area contributed by atoms with E-state index in [9.17, 15) is 0 Å². The molecule has 0 aliphatic rings. The van der Waals surface area contributed by atoms with Crippen LogP contribution in [0, 0.1) is 0 Å². The second kappa shape index (κ2) is 14.5. The van der Waals surface area contributed by atoms with E-state index in [0.717, 1.165) is 17.1 Å². The van der Waals surface area contributed by atoms with Crippen LogP contribution in [0.5, 0.6) is 0 Å². The summed E-state index contributed by atoms with van der Waals surface area (Å²) in [6, 6.07) is 92.4. The summed E-state index contributed by atoms with van der Waals surface area (Å²) in [6.45, 7) is 0. The van der Waals surface area contributed by atoms with Crippen LogP contribution in [-0.4, -0.2) is 21.8 Å². The number of rotatable bonds is 7. The molecule has 13 aromatic rings. The molecule has 0 saturated carbocycles. The molecule has 64 heavy (non-hydrogen) atoms. The summed E-state index contributed by atoms with van der Waals surface area (Å²) in [5, 5.41) is 12.9. The number of nitrogens with zero attached hydrogens (tertiary/aromatic N) is 3. The van der Waals surface area contributed by atoms with Gasteiger partial charge in [0.2, 0.25) is 0 Å². The minimum atomic E-state index is -2.83. The summed E-state index contributed by atoms with van der Waals surface area (Å²) < 4.78 is 7.33. The lowest BCUT2D eigenvalue weighted by Gasteiger charge is -2.34. The van der Waals surface area contributed by atoms with Crippen molar-refractivity contribution in [3.8, 4) is 17.1 Å². The van der Waals surface area contributed by atoms with E-state index in [4.69, 9.17) is 0 Å². The molecule has 300 valence electrons. The maximum absolute atomic E-state index is 2.83. The van der Waals surface area contributed by atoms with Crippen molar-refractivity contribution in [1.82, 2.24) is 13.7 Å². The van der Waals surface area contributed by atoms with Crippen molar-refractivity contribution in [3.05, 3.63) is 249 Å². The summed E-state index contributed by atoms with van der Waals surface area (Å²) in [5.41, 5.74) is 10.6. The highest BCUT2D eigenvalue weighted by atomic mass is 28.3. The van der Waals surface area contributed by atoms with Gasteiger partial charge in [-0.1, -0.05) is 176 Å². The van der Waals surface area contributed by atoms with Gasteiger partial charge in [0.25, 0.3) is 0 Å². The predicted octanol–water partition coefficient (Wildman–Crippen LogP) is 12.4. The van der Waals surface area contributed by atoms with Crippen LogP contribution >= 0.6 is 0 Å². The number of hydrogen-bond acceptors (Lipinski definition) is 0. The smallest absolute Gasteiger partial charge is 0.179 e. The lowest BCUT2D eigenvalue weighted by Crippen LogP contribution is -2.74. The Morgan fingerprint density at radius 2 is 0.516 bits per heavy atom. The highest BCUT2D eigenvalue weighted by molar-refractivity contribution is 7.20. The zero-order chi connectivity index (χ0) is 42.2. The number of aromatic nitrogens is 3. The fourth-order valence-corrected chi connectivity index (χ4v) is 15.7. The Hall–Kier alpha value is -8.18. The Morgan fingerprint density at radius 1 is 0.203 bits per heavy atom. The summed E-state index contributed by atoms with van der Waals surface area (Å²) in [4.78, 5) is 0. The van der Waals surface area contributed by atoms with Gasteiger partial charge in [-0.2, -0.15) is 0 Å². The van der Waals surface area contributed by atoms with Crippen LogP contribution in [0.3, 0.4) is 0 Å². The monoisotopic (exact) mass is 831 g/mol. The quantitative estimate of drug-likeness (QED) is 0.112. The Balaban J connectivity index is 1.13. The molecular formula is C60H41N3Si. The van der Waals surface area contributed by atoms with E-state index >= 15 is 0 Å². The average molecular weight is 832 g/mol. The van der Waals surface area contributed by atoms with Crippen molar-refractivity contribution < 1.29 is 0 Å². The molecule has 10 aromatic carbocycles. The third-order valence-corrected chi connectivity index (χ3v) is 18.3. The van der Waals surface area contributed by atoms with Gasteiger partial charge in [-0.25, -0.2) is 0 Å². The van der Waals surface area contributed by atoms with Crippen molar-refractivity contribution in [1.29, 1.82) is 0 Å². The molecule has 0 spiro atoms. The predicted molar refractivity (Wildman–Crippen MR) is 273 cm³/mol. The summed E-state index contributed by atoms with van der Waals surface area (Å²) >= 11 is 0. The minimum absolute atomic E-state index is 1.14. The number of hydrogen-bond donors (Lipinski definition) is 0. The highest BCUT2D eigenvalue weighted by Crippen LogP contribution is 2.39. The van der Waals surface area contributed by atoms with Gasteiger partial charge in [0.05, 0.1) is 33.1 Å². The van der Waals surface area contributed by atoms with Gasteiger partial charge in [0.1, 0.15) is 0 Å². The van der Waals surface area contributed by atoms with Crippen molar-refractivity contribution >= 4 is 94.2 Å². The van der Waals surface area contributed by atoms with Crippen LogP contribution < -0.4 is 20.7 Å². The van der Waals surface area contributed by atoms with E-state index in [1.54, 1.807) is 0 Å². The van der Waals surface area contributed by atoms with E-state index in [2.05, 4.69) is 262 Å². The first-order valence-corrected chi connectivity index (χ1v) is 24.1. The van der Waals surface area contributed by atoms with Crippen LogP contribution in [0.4, 0.5) is 0 Å².